The lowest BCUT2D eigenvalue weighted by atomic mass is 8.87. The maximum absolute atomic E-state index is 14.3. The zero-order valence-corrected chi connectivity index (χ0v) is 21.7. The molecule has 6 aliphatic carbocycles. The first-order valence-electron chi connectivity index (χ1n) is 13.2. The zero-order chi connectivity index (χ0) is 24.7. The Morgan fingerprint density at radius 1 is 0.765 bits per heavy atom. The highest BCUT2D eigenvalue weighted by molar-refractivity contribution is 6.04. The van der Waals surface area contributed by atoms with E-state index in [4.69, 9.17) is 0 Å². The lowest BCUT2D eigenvalue weighted by molar-refractivity contribution is -0.641. The van der Waals surface area contributed by atoms with E-state index in [0.29, 0.717) is 35.1 Å². The van der Waals surface area contributed by atoms with Gasteiger partial charge in [-0.25, -0.2) is 0 Å². The van der Waals surface area contributed by atoms with Crippen molar-refractivity contribution in [3.63, 3.8) is 0 Å². The maximum Gasteiger partial charge on any atom is 0.230 e. The molecular formula is C29H37N3O2. The van der Waals surface area contributed by atoms with Gasteiger partial charge in [-0.05, 0) is 103 Å². The lowest BCUT2D eigenvalue weighted by Gasteiger charge is -3.14. The van der Waals surface area contributed by atoms with Crippen molar-refractivity contribution in [2.45, 2.75) is 85.0 Å². The number of hydrogen-bond acceptors (Lipinski definition) is 3. The highest BCUT2D eigenvalue weighted by atomic mass is 16.2. The topological polar surface area (TPSA) is 64.4 Å². The molecule has 1 aromatic rings. The summed E-state index contributed by atoms with van der Waals surface area (Å²) in [5.41, 5.74) is 1.01. The molecule has 0 N–H and O–H groups in total. The molecule has 6 fully saturated rings. The van der Waals surface area contributed by atoms with Crippen LogP contribution in [0.1, 0.15) is 66.5 Å². The van der Waals surface area contributed by atoms with E-state index in [0.717, 1.165) is 0 Å². The molecule has 0 radical (unpaired) electrons. The highest BCUT2D eigenvalue weighted by Gasteiger charge is 3.18. The van der Waals surface area contributed by atoms with Gasteiger partial charge in [0.2, 0.25) is 11.8 Å². The average Bonchev–Trinajstić information content (AvgIpc) is 2.77. The number of rotatable bonds is 7. The summed E-state index contributed by atoms with van der Waals surface area (Å²) in [7, 11) is 0. The van der Waals surface area contributed by atoms with Gasteiger partial charge >= 0.3 is 0 Å². The van der Waals surface area contributed by atoms with Gasteiger partial charge in [0, 0.05) is 29.6 Å². The largest absolute Gasteiger partial charge is 0.337 e. The van der Waals surface area contributed by atoms with Crippen molar-refractivity contribution in [2.24, 2.45) is 40.4 Å². The van der Waals surface area contributed by atoms with E-state index < -0.39 is 0 Å². The van der Waals surface area contributed by atoms with Crippen molar-refractivity contribution in [3.8, 4) is 6.07 Å². The third kappa shape index (κ3) is 1.73. The first-order valence-corrected chi connectivity index (χ1v) is 13.2. The van der Waals surface area contributed by atoms with Gasteiger partial charge in [-0.3, -0.25) is 9.59 Å². The van der Waals surface area contributed by atoms with Crippen molar-refractivity contribution in [1.29, 1.82) is 5.26 Å². The van der Waals surface area contributed by atoms with Crippen molar-refractivity contribution < 1.29 is 9.59 Å². The summed E-state index contributed by atoms with van der Waals surface area (Å²) >= 11 is 0. The molecule has 0 spiro atoms. The summed E-state index contributed by atoms with van der Waals surface area (Å²) in [4.78, 5) is 32.6. The Morgan fingerprint density at radius 2 is 1.21 bits per heavy atom. The molecule has 7 rings (SSSR count). The van der Waals surface area contributed by atoms with Gasteiger partial charge in [-0.15, -0.1) is 0 Å². The summed E-state index contributed by atoms with van der Waals surface area (Å²) < 4.78 is 0. The predicted molar refractivity (Wildman–Crippen MR) is 129 cm³/mol. The summed E-state index contributed by atoms with van der Waals surface area (Å²) in [5, 5.41) is 9.33. The third-order valence-electron chi connectivity index (χ3n) is 10.7. The van der Waals surface area contributed by atoms with Crippen LogP contribution in [-0.4, -0.2) is 45.8 Å². The number of amides is 2. The molecule has 0 heterocycles. The third-order valence-corrected chi connectivity index (χ3v) is 10.7. The van der Waals surface area contributed by atoms with Crippen LogP contribution in [0.25, 0.3) is 0 Å². The Balaban J connectivity index is 1.44. The molecule has 0 saturated heterocycles. The summed E-state index contributed by atoms with van der Waals surface area (Å²) in [6.45, 7) is 16.9. The molecule has 4 unspecified atom stereocenters. The second-order valence-electron chi connectivity index (χ2n) is 12.7. The Kier molecular flexibility index (Phi) is 4.07. The van der Waals surface area contributed by atoms with Crippen LogP contribution in [0.2, 0.25) is 0 Å². The summed E-state index contributed by atoms with van der Waals surface area (Å²) in [6, 6.07) is 10.8. The molecule has 6 saturated carbocycles. The summed E-state index contributed by atoms with van der Waals surface area (Å²) in [5.74, 6) is 2.26. The molecule has 6 aliphatic rings. The van der Waals surface area contributed by atoms with Gasteiger partial charge in [0.25, 0.3) is 0 Å². The van der Waals surface area contributed by atoms with Crippen LogP contribution in [0.5, 0.6) is 0 Å². The van der Waals surface area contributed by atoms with Gasteiger partial charge in [0.1, 0.15) is 0 Å². The number of carbonyl (C=O) groups excluding carboxylic acids is 2. The van der Waals surface area contributed by atoms with E-state index in [1.807, 2.05) is 12.1 Å². The molecule has 4 atom stereocenters. The smallest absolute Gasteiger partial charge is 0.230 e. The van der Waals surface area contributed by atoms with Gasteiger partial charge < -0.3 is 9.80 Å². The number of carbonyl (C=O) groups is 2. The molecule has 2 amide bonds. The Morgan fingerprint density at radius 3 is 1.62 bits per heavy atom. The fourth-order valence-electron chi connectivity index (χ4n) is 10.5. The summed E-state index contributed by atoms with van der Waals surface area (Å²) in [6.07, 6.45) is 0. The molecule has 5 nitrogen and oxygen atoms in total. The Hall–Kier alpha value is -2.35. The van der Waals surface area contributed by atoms with Crippen molar-refractivity contribution in [2.75, 3.05) is 0 Å². The maximum atomic E-state index is 14.3. The molecule has 0 aromatic heterocycles. The predicted octanol–water partition coefficient (Wildman–Crippen LogP) is 4.21. The van der Waals surface area contributed by atoms with Crippen LogP contribution >= 0.6 is 0 Å². The SMILES string of the molecule is CC(C)N(C(=O)C12C3C4C1C1(c5ccc(C#N)cc5)C2C3C41C(=O)N(C(C)C)C(C)C)C(C)C. The Labute approximate surface area is 203 Å². The van der Waals surface area contributed by atoms with Crippen LogP contribution in [0, 0.1) is 51.8 Å². The van der Waals surface area contributed by atoms with Crippen LogP contribution in [0.4, 0.5) is 0 Å². The van der Waals surface area contributed by atoms with Crippen molar-refractivity contribution in [3.05, 3.63) is 35.4 Å². The van der Waals surface area contributed by atoms with E-state index in [-0.39, 0.29) is 52.2 Å². The standard InChI is InChI=1S/C29H37N3O2/c1-14(2)31(15(3)4)25(33)27-20-21-23(27)28(19-11-9-18(13-30)10-12-19)24(27)22(20)29(21,28)26(34)32(16(5)6)17(7)8/h9-12,14-17,20-24H,1-8H3. The van der Waals surface area contributed by atoms with E-state index in [2.05, 4.69) is 83.4 Å². The minimum atomic E-state index is -0.335. The van der Waals surface area contributed by atoms with Crippen LogP contribution in [0.15, 0.2) is 24.3 Å². The average molecular weight is 460 g/mol. The molecule has 1 aromatic carbocycles. The Bertz CT molecular complexity index is 1100. The first-order chi connectivity index (χ1) is 16.0. The molecule has 5 heteroatoms. The second-order valence-corrected chi connectivity index (χ2v) is 12.7. The minimum absolute atomic E-state index is 0.152. The van der Waals surface area contributed by atoms with Crippen LogP contribution < -0.4 is 0 Å². The molecule has 0 bridgehead atoms. The molecule has 0 aliphatic heterocycles. The highest BCUT2D eigenvalue weighted by Crippen LogP contribution is 3.14. The molecule has 34 heavy (non-hydrogen) atoms. The van der Waals surface area contributed by atoms with Crippen molar-refractivity contribution >= 4 is 11.8 Å². The fourth-order valence-corrected chi connectivity index (χ4v) is 10.5. The number of hydrogen-bond donors (Lipinski definition) is 0. The van der Waals surface area contributed by atoms with Gasteiger partial charge in [0.05, 0.1) is 22.5 Å². The first kappa shape index (κ1) is 22.1. The molecular weight excluding hydrogens is 422 g/mol. The quantitative estimate of drug-likeness (QED) is 0.614. The van der Waals surface area contributed by atoms with E-state index >= 15 is 0 Å². The van der Waals surface area contributed by atoms with E-state index in [9.17, 15) is 14.9 Å². The second kappa shape index (κ2) is 6.25. The molecule has 180 valence electrons. The number of nitrogens with zero attached hydrogens (tertiary/aromatic N) is 3. The van der Waals surface area contributed by atoms with Gasteiger partial charge in [-0.2, -0.15) is 5.26 Å². The van der Waals surface area contributed by atoms with Crippen molar-refractivity contribution in [1.82, 2.24) is 9.80 Å². The van der Waals surface area contributed by atoms with Gasteiger partial charge in [-0.1, -0.05) is 12.1 Å². The van der Waals surface area contributed by atoms with Gasteiger partial charge in [0.15, 0.2) is 0 Å². The lowest BCUT2D eigenvalue weighted by Crippen LogP contribution is -3.18. The zero-order valence-electron chi connectivity index (χ0n) is 21.7. The van der Waals surface area contributed by atoms with Crippen LogP contribution in [0.3, 0.4) is 0 Å². The minimum Gasteiger partial charge on any atom is -0.337 e. The van der Waals surface area contributed by atoms with Crippen LogP contribution in [-0.2, 0) is 15.0 Å². The normalized spacial score (nSPS) is 41.1. The number of benzene rings is 1. The fraction of sp³-hybridized carbons (Fsp3) is 0.690. The van der Waals surface area contributed by atoms with E-state index in [1.165, 1.54) is 5.56 Å². The monoisotopic (exact) mass is 459 g/mol. The number of nitriles is 1. The van der Waals surface area contributed by atoms with E-state index in [1.54, 1.807) is 0 Å².